The van der Waals surface area contributed by atoms with Crippen LogP contribution in [0.3, 0.4) is 0 Å². The Morgan fingerprint density at radius 1 is 1.19 bits per heavy atom. The van der Waals surface area contributed by atoms with Crippen LogP contribution in [-0.4, -0.2) is 35.3 Å². The molecular formula is C18H19F3N4O2. The number of anilines is 1. The van der Waals surface area contributed by atoms with E-state index >= 15 is 0 Å². The number of aromatic nitrogens is 2. The Balaban J connectivity index is 1.78. The highest BCUT2D eigenvalue weighted by Gasteiger charge is 2.31. The van der Waals surface area contributed by atoms with Gasteiger partial charge in [-0.3, -0.25) is 4.79 Å². The second-order valence-corrected chi connectivity index (χ2v) is 6.39. The quantitative estimate of drug-likeness (QED) is 0.882. The van der Waals surface area contributed by atoms with Crippen LogP contribution in [0.25, 0.3) is 11.3 Å². The summed E-state index contributed by atoms with van der Waals surface area (Å²) in [5.74, 6) is 0.581. The molecule has 1 amide bonds. The van der Waals surface area contributed by atoms with Crippen molar-refractivity contribution in [3.05, 3.63) is 36.2 Å². The summed E-state index contributed by atoms with van der Waals surface area (Å²) < 4.78 is 40.7. The van der Waals surface area contributed by atoms with E-state index in [4.69, 9.17) is 5.73 Å². The van der Waals surface area contributed by atoms with Crippen LogP contribution in [-0.2, 0) is 4.79 Å². The zero-order valence-electron chi connectivity index (χ0n) is 14.7. The molecule has 1 fully saturated rings. The van der Waals surface area contributed by atoms with Gasteiger partial charge in [-0.05, 0) is 44.0 Å². The summed E-state index contributed by atoms with van der Waals surface area (Å²) in [6.07, 6.45) is -3.40. The van der Waals surface area contributed by atoms with E-state index in [1.807, 2.05) is 0 Å². The van der Waals surface area contributed by atoms with Crippen molar-refractivity contribution < 1.29 is 22.7 Å². The van der Waals surface area contributed by atoms with Gasteiger partial charge in [0.1, 0.15) is 17.4 Å². The Kier molecular flexibility index (Phi) is 5.20. The highest BCUT2D eigenvalue weighted by molar-refractivity contribution is 5.77. The van der Waals surface area contributed by atoms with Crippen molar-refractivity contribution >= 4 is 11.7 Å². The number of nitrogens with two attached hydrogens (primary N) is 1. The maximum absolute atomic E-state index is 12.3. The molecule has 0 radical (unpaired) electrons. The third-order valence-electron chi connectivity index (χ3n) is 4.43. The number of hydrogen-bond acceptors (Lipinski definition) is 5. The highest BCUT2D eigenvalue weighted by atomic mass is 19.4. The van der Waals surface area contributed by atoms with Crippen molar-refractivity contribution in [2.24, 2.45) is 11.7 Å². The Hall–Kier alpha value is -2.84. The van der Waals surface area contributed by atoms with Crippen molar-refractivity contribution in [1.29, 1.82) is 0 Å². The molecule has 2 heterocycles. The predicted octanol–water partition coefficient (Wildman–Crippen LogP) is 3.05. The number of halogens is 3. The molecule has 1 saturated heterocycles. The minimum atomic E-state index is -4.72. The molecule has 27 heavy (non-hydrogen) atoms. The van der Waals surface area contributed by atoms with Crippen molar-refractivity contribution in [3.8, 4) is 17.0 Å². The number of ether oxygens (including phenoxy) is 1. The molecule has 0 aliphatic carbocycles. The van der Waals surface area contributed by atoms with Gasteiger partial charge in [0.2, 0.25) is 5.91 Å². The summed E-state index contributed by atoms with van der Waals surface area (Å²) in [6.45, 7) is 3.06. The number of carbonyl (C=O) groups is 1. The van der Waals surface area contributed by atoms with E-state index in [2.05, 4.69) is 19.6 Å². The maximum atomic E-state index is 12.3. The molecule has 144 valence electrons. The first-order valence-electron chi connectivity index (χ1n) is 8.47. The maximum Gasteiger partial charge on any atom is 0.573 e. The summed E-state index contributed by atoms with van der Waals surface area (Å²) in [4.78, 5) is 22.2. The Morgan fingerprint density at radius 2 is 1.81 bits per heavy atom. The smallest absolute Gasteiger partial charge is 0.406 e. The lowest BCUT2D eigenvalue weighted by atomic mass is 9.96. The van der Waals surface area contributed by atoms with E-state index in [1.165, 1.54) is 24.3 Å². The second-order valence-electron chi connectivity index (χ2n) is 6.39. The van der Waals surface area contributed by atoms with Crippen molar-refractivity contribution in [3.63, 3.8) is 0 Å². The molecule has 1 aromatic carbocycles. The lowest BCUT2D eigenvalue weighted by Crippen LogP contribution is -2.39. The second kappa shape index (κ2) is 7.42. The Labute approximate surface area is 154 Å². The van der Waals surface area contributed by atoms with Gasteiger partial charge in [0, 0.05) is 30.6 Å². The van der Waals surface area contributed by atoms with Gasteiger partial charge >= 0.3 is 6.36 Å². The minimum absolute atomic E-state index is 0.121. The lowest BCUT2D eigenvalue weighted by Gasteiger charge is -2.31. The van der Waals surface area contributed by atoms with E-state index < -0.39 is 6.36 Å². The average Bonchev–Trinajstić information content (AvgIpc) is 2.60. The summed E-state index contributed by atoms with van der Waals surface area (Å²) in [6, 6.07) is 7.33. The zero-order chi connectivity index (χ0) is 19.6. The van der Waals surface area contributed by atoms with Crippen molar-refractivity contribution in [1.82, 2.24) is 9.97 Å². The topological polar surface area (TPSA) is 81.3 Å². The number of rotatable bonds is 4. The first kappa shape index (κ1) is 18.9. The third-order valence-corrected chi connectivity index (χ3v) is 4.43. The standard InChI is InChI=1S/C18H19F3N4O2/c1-11-23-15(12-2-4-14(5-3-12)27-18(19,20)21)10-16(24-11)25-8-6-13(7-9-25)17(22)26/h2-5,10,13H,6-9H2,1H3,(H2,22,26). The zero-order valence-corrected chi connectivity index (χ0v) is 14.7. The fourth-order valence-corrected chi connectivity index (χ4v) is 3.08. The molecule has 6 nitrogen and oxygen atoms in total. The fourth-order valence-electron chi connectivity index (χ4n) is 3.08. The van der Waals surface area contributed by atoms with Gasteiger partial charge in [-0.2, -0.15) is 0 Å². The van der Waals surface area contributed by atoms with Crippen LogP contribution >= 0.6 is 0 Å². The summed E-state index contributed by atoms with van der Waals surface area (Å²) >= 11 is 0. The van der Waals surface area contributed by atoms with Gasteiger partial charge in [0.25, 0.3) is 0 Å². The molecule has 0 unspecified atom stereocenters. The number of primary amides is 1. The van der Waals surface area contributed by atoms with Gasteiger partial charge in [-0.1, -0.05) is 0 Å². The SMILES string of the molecule is Cc1nc(-c2ccc(OC(F)(F)F)cc2)cc(N2CCC(C(N)=O)CC2)n1. The summed E-state index contributed by atoms with van der Waals surface area (Å²) in [5, 5.41) is 0. The number of alkyl halides is 3. The fraction of sp³-hybridized carbons (Fsp3) is 0.389. The summed E-state index contributed by atoms with van der Waals surface area (Å²) in [7, 11) is 0. The van der Waals surface area contributed by atoms with Gasteiger partial charge < -0.3 is 15.4 Å². The van der Waals surface area contributed by atoms with Crippen LogP contribution in [0.1, 0.15) is 18.7 Å². The average molecular weight is 380 g/mol. The van der Waals surface area contributed by atoms with Crippen molar-refractivity contribution in [2.45, 2.75) is 26.1 Å². The van der Waals surface area contributed by atoms with Crippen LogP contribution in [0.4, 0.5) is 19.0 Å². The number of piperidine rings is 1. The van der Waals surface area contributed by atoms with E-state index in [1.54, 1.807) is 13.0 Å². The number of benzene rings is 1. The minimum Gasteiger partial charge on any atom is -0.406 e. The number of carbonyl (C=O) groups excluding carboxylic acids is 1. The predicted molar refractivity (Wildman–Crippen MR) is 93.0 cm³/mol. The van der Waals surface area contributed by atoms with Crippen molar-refractivity contribution in [2.75, 3.05) is 18.0 Å². The van der Waals surface area contributed by atoms with E-state index in [0.29, 0.717) is 43.0 Å². The van der Waals surface area contributed by atoms with Gasteiger partial charge in [0.15, 0.2) is 0 Å². The normalized spacial score (nSPS) is 15.6. The van der Waals surface area contributed by atoms with E-state index in [0.717, 1.165) is 5.82 Å². The molecule has 0 saturated carbocycles. The van der Waals surface area contributed by atoms with Crippen LogP contribution in [0, 0.1) is 12.8 Å². The van der Waals surface area contributed by atoms with Crippen LogP contribution < -0.4 is 15.4 Å². The van der Waals surface area contributed by atoms with Crippen LogP contribution in [0.2, 0.25) is 0 Å². The number of nitrogens with zero attached hydrogens (tertiary/aromatic N) is 3. The molecule has 1 aliphatic rings. The Morgan fingerprint density at radius 3 is 2.37 bits per heavy atom. The number of aryl methyl sites for hydroxylation is 1. The van der Waals surface area contributed by atoms with Gasteiger partial charge in [-0.15, -0.1) is 13.2 Å². The van der Waals surface area contributed by atoms with E-state index in [9.17, 15) is 18.0 Å². The van der Waals surface area contributed by atoms with Crippen LogP contribution in [0.15, 0.2) is 30.3 Å². The number of amides is 1. The molecule has 0 bridgehead atoms. The van der Waals surface area contributed by atoms with Gasteiger partial charge in [0.05, 0.1) is 5.69 Å². The van der Waals surface area contributed by atoms with Crippen LogP contribution in [0.5, 0.6) is 5.75 Å². The molecule has 0 spiro atoms. The molecule has 0 atom stereocenters. The van der Waals surface area contributed by atoms with Gasteiger partial charge in [-0.25, -0.2) is 9.97 Å². The molecular weight excluding hydrogens is 361 g/mol. The summed E-state index contributed by atoms with van der Waals surface area (Å²) in [5.41, 5.74) is 6.62. The molecule has 2 aromatic rings. The molecule has 1 aromatic heterocycles. The molecule has 2 N–H and O–H groups in total. The number of hydrogen-bond donors (Lipinski definition) is 1. The lowest BCUT2D eigenvalue weighted by molar-refractivity contribution is -0.274. The van der Waals surface area contributed by atoms with E-state index in [-0.39, 0.29) is 17.6 Å². The molecule has 9 heteroatoms. The third kappa shape index (κ3) is 4.87. The first-order chi connectivity index (χ1) is 12.7. The first-order valence-corrected chi connectivity index (χ1v) is 8.47. The largest absolute Gasteiger partial charge is 0.573 e. The molecule has 3 rings (SSSR count). The monoisotopic (exact) mass is 380 g/mol. The Bertz CT molecular complexity index is 816. The highest BCUT2D eigenvalue weighted by Crippen LogP contribution is 2.28. The molecule has 1 aliphatic heterocycles.